The van der Waals surface area contributed by atoms with Gasteiger partial charge in [-0.15, -0.1) is 0 Å². The zero-order valence-corrected chi connectivity index (χ0v) is 15.9. The Morgan fingerprint density at radius 2 is 2.21 bits per heavy atom. The molecule has 5 nitrogen and oxygen atoms in total. The first kappa shape index (κ1) is 17.0. The molecule has 2 aromatic carbocycles. The fraction of sp³-hybridized carbons (Fsp3) is 0.348. The number of nitrogens with one attached hydrogen (secondary N) is 1. The first-order valence-electron chi connectivity index (χ1n) is 9.93. The van der Waals surface area contributed by atoms with E-state index in [-0.39, 0.29) is 13.4 Å². The molecule has 5 heteroatoms. The van der Waals surface area contributed by atoms with Crippen molar-refractivity contribution < 1.29 is 6.22 Å². The molecule has 28 heavy (non-hydrogen) atoms. The smallest absolute Gasteiger partial charge is 0.254 e. The van der Waals surface area contributed by atoms with E-state index in [9.17, 15) is 10.1 Å². The number of H-pyrrole nitrogens is 1. The van der Waals surface area contributed by atoms with Gasteiger partial charge >= 0.3 is 0 Å². The molecule has 2 heterocycles. The molecule has 5 rings (SSSR count). The summed E-state index contributed by atoms with van der Waals surface area (Å²) in [7, 11) is 0. The molecule has 1 fully saturated rings. The fourth-order valence-electron chi connectivity index (χ4n) is 4.98. The number of nitrogens with zero attached hydrogens (tertiary/aromatic N) is 3. The molecule has 1 saturated heterocycles. The van der Waals surface area contributed by atoms with Crippen molar-refractivity contribution in [3.8, 4) is 6.07 Å². The summed E-state index contributed by atoms with van der Waals surface area (Å²) in [6, 6.07) is 12.4. The second kappa shape index (κ2) is 6.49. The average molecular weight is 372 g/mol. The standard InChI is InChI=1S/C23H22N4O.H2/c1-14-8-16-11-22-18(19(16)9-17(14)12-24)4-2-3-7-27(22)23(28)15-5-6-20-21(10-15)26-13-25-20;/h5-6,8-10,13,18,22H,2-4,7,11H2,1H3,(H,25,26);1H/t18-,22+;/m1./s1. The summed E-state index contributed by atoms with van der Waals surface area (Å²) in [5.41, 5.74) is 6.83. The largest absolute Gasteiger partial charge is 0.345 e. The van der Waals surface area contributed by atoms with Gasteiger partial charge in [0.1, 0.15) is 0 Å². The highest BCUT2D eigenvalue weighted by Gasteiger charge is 2.40. The van der Waals surface area contributed by atoms with Crippen LogP contribution in [0.4, 0.5) is 0 Å². The summed E-state index contributed by atoms with van der Waals surface area (Å²) in [4.78, 5) is 22.9. The van der Waals surface area contributed by atoms with Gasteiger partial charge in [0.05, 0.1) is 29.0 Å². The number of carbonyl (C=O) groups excluding carboxylic acids is 1. The quantitative estimate of drug-likeness (QED) is 0.691. The van der Waals surface area contributed by atoms with Gasteiger partial charge < -0.3 is 9.88 Å². The Morgan fingerprint density at radius 3 is 3.07 bits per heavy atom. The van der Waals surface area contributed by atoms with Crippen LogP contribution in [0.2, 0.25) is 0 Å². The Bertz CT molecular complexity index is 1130. The maximum atomic E-state index is 13.4. The first-order chi connectivity index (χ1) is 13.7. The molecule has 1 amide bonds. The number of amides is 1. The monoisotopic (exact) mass is 372 g/mol. The minimum Gasteiger partial charge on any atom is -0.345 e. The van der Waals surface area contributed by atoms with Crippen molar-refractivity contribution in [2.45, 2.75) is 44.6 Å². The highest BCUT2D eigenvalue weighted by Crippen LogP contribution is 2.42. The zero-order chi connectivity index (χ0) is 19.3. The summed E-state index contributed by atoms with van der Waals surface area (Å²) in [5.74, 6) is 0.420. The molecule has 1 aliphatic heterocycles. The number of aromatic nitrogens is 2. The Kier molecular flexibility index (Phi) is 3.94. The van der Waals surface area contributed by atoms with Gasteiger partial charge in [0.15, 0.2) is 0 Å². The molecule has 2 atom stereocenters. The molecule has 142 valence electrons. The molecule has 0 radical (unpaired) electrons. The molecule has 0 unspecified atom stereocenters. The molecule has 0 spiro atoms. The summed E-state index contributed by atoms with van der Waals surface area (Å²) in [6.07, 6.45) is 5.75. The molecule has 1 aromatic heterocycles. The third kappa shape index (κ3) is 2.60. The van der Waals surface area contributed by atoms with Crippen LogP contribution >= 0.6 is 0 Å². The second-order valence-corrected chi connectivity index (χ2v) is 7.98. The average Bonchev–Trinajstić information content (AvgIpc) is 3.24. The number of fused-ring (bicyclic) bond motifs is 4. The number of imidazole rings is 1. The number of aryl methyl sites for hydroxylation is 1. The summed E-state index contributed by atoms with van der Waals surface area (Å²) < 4.78 is 0. The van der Waals surface area contributed by atoms with E-state index >= 15 is 0 Å². The molecular formula is C23H24N4O. The normalized spacial score (nSPS) is 21.1. The lowest BCUT2D eigenvalue weighted by molar-refractivity contribution is 0.0676. The Balaban J connectivity index is 0.00000205. The lowest BCUT2D eigenvalue weighted by atomic mass is 9.91. The van der Waals surface area contributed by atoms with Crippen LogP contribution in [0.3, 0.4) is 0 Å². The van der Waals surface area contributed by atoms with E-state index in [1.165, 1.54) is 11.1 Å². The lowest BCUT2D eigenvalue weighted by Crippen LogP contribution is -2.42. The topological polar surface area (TPSA) is 72.8 Å². The van der Waals surface area contributed by atoms with E-state index in [1.807, 2.05) is 25.1 Å². The van der Waals surface area contributed by atoms with Crippen LogP contribution in [0.5, 0.6) is 0 Å². The van der Waals surface area contributed by atoms with Gasteiger partial charge in [0.25, 0.3) is 5.91 Å². The molecule has 0 bridgehead atoms. The molecular weight excluding hydrogens is 348 g/mol. The number of hydrogen-bond acceptors (Lipinski definition) is 3. The minimum atomic E-state index is 0. The van der Waals surface area contributed by atoms with Gasteiger partial charge in [-0.05, 0) is 67.1 Å². The van der Waals surface area contributed by atoms with Crippen molar-refractivity contribution in [1.82, 2.24) is 14.9 Å². The summed E-state index contributed by atoms with van der Waals surface area (Å²) >= 11 is 0. The number of likely N-dealkylation sites (tertiary alicyclic amines) is 1. The zero-order valence-electron chi connectivity index (χ0n) is 15.9. The minimum absolute atomic E-state index is 0. The van der Waals surface area contributed by atoms with Gasteiger partial charge in [-0.25, -0.2) is 4.98 Å². The van der Waals surface area contributed by atoms with Crippen molar-refractivity contribution in [3.63, 3.8) is 0 Å². The summed E-state index contributed by atoms with van der Waals surface area (Å²) in [5, 5.41) is 9.44. The molecule has 1 aliphatic carbocycles. The number of benzene rings is 2. The number of nitriles is 1. The van der Waals surface area contributed by atoms with E-state index in [0.717, 1.165) is 54.4 Å². The number of aromatic amines is 1. The van der Waals surface area contributed by atoms with E-state index in [2.05, 4.69) is 33.1 Å². The van der Waals surface area contributed by atoms with Crippen LogP contribution in [0.15, 0.2) is 36.7 Å². The van der Waals surface area contributed by atoms with Gasteiger partial charge in [-0.1, -0.05) is 12.5 Å². The van der Waals surface area contributed by atoms with Crippen LogP contribution in [0.1, 0.15) is 59.2 Å². The fourth-order valence-corrected chi connectivity index (χ4v) is 4.98. The highest BCUT2D eigenvalue weighted by atomic mass is 16.2. The van der Waals surface area contributed by atoms with Crippen molar-refractivity contribution in [1.29, 1.82) is 5.26 Å². The maximum absolute atomic E-state index is 13.4. The Labute approximate surface area is 165 Å². The number of carbonyl (C=O) groups is 1. The van der Waals surface area contributed by atoms with E-state index in [1.54, 1.807) is 6.33 Å². The lowest BCUT2D eigenvalue weighted by Gasteiger charge is -2.31. The Hall–Kier alpha value is -3.13. The van der Waals surface area contributed by atoms with Gasteiger partial charge in [0.2, 0.25) is 0 Å². The second-order valence-electron chi connectivity index (χ2n) is 7.98. The predicted octanol–water partition coefficient (Wildman–Crippen LogP) is 4.32. The van der Waals surface area contributed by atoms with Crippen LogP contribution < -0.4 is 0 Å². The van der Waals surface area contributed by atoms with E-state index in [4.69, 9.17) is 0 Å². The van der Waals surface area contributed by atoms with E-state index in [0.29, 0.717) is 11.5 Å². The molecule has 3 aromatic rings. The van der Waals surface area contributed by atoms with E-state index < -0.39 is 0 Å². The van der Waals surface area contributed by atoms with Gasteiger partial charge in [-0.2, -0.15) is 5.26 Å². The van der Waals surface area contributed by atoms with Crippen LogP contribution in [0, 0.1) is 18.3 Å². The van der Waals surface area contributed by atoms with Crippen molar-refractivity contribution in [2.24, 2.45) is 0 Å². The van der Waals surface area contributed by atoms with Crippen LogP contribution in [-0.2, 0) is 6.42 Å². The highest BCUT2D eigenvalue weighted by molar-refractivity contribution is 5.97. The van der Waals surface area contributed by atoms with Crippen molar-refractivity contribution in [2.75, 3.05) is 6.54 Å². The first-order valence-corrected chi connectivity index (χ1v) is 9.93. The maximum Gasteiger partial charge on any atom is 0.254 e. The molecule has 1 N–H and O–H groups in total. The SMILES string of the molecule is Cc1cc2c(cc1C#N)[C@H]1CCCCN(C(=O)c3ccc4nc[nH]c4c3)[C@H]1C2.[HH]. The van der Waals surface area contributed by atoms with Crippen molar-refractivity contribution >= 4 is 16.9 Å². The predicted molar refractivity (Wildman–Crippen MR) is 109 cm³/mol. The third-order valence-corrected chi connectivity index (χ3v) is 6.39. The van der Waals surface area contributed by atoms with Gasteiger partial charge in [0, 0.05) is 25.5 Å². The van der Waals surface area contributed by atoms with Crippen LogP contribution in [0.25, 0.3) is 11.0 Å². The third-order valence-electron chi connectivity index (χ3n) is 6.39. The molecule has 2 aliphatic rings. The number of rotatable bonds is 1. The number of hydrogen-bond donors (Lipinski definition) is 1. The van der Waals surface area contributed by atoms with Crippen LogP contribution in [-0.4, -0.2) is 33.4 Å². The van der Waals surface area contributed by atoms with Gasteiger partial charge in [-0.3, -0.25) is 4.79 Å². The van der Waals surface area contributed by atoms with Crippen molar-refractivity contribution in [3.05, 3.63) is 64.5 Å². The summed E-state index contributed by atoms with van der Waals surface area (Å²) in [6.45, 7) is 2.79. The Morgan fingerprint density at radius 1 is 1.32 bits per heavy atom. The molecule has 0 saturated carbocycles.